The van der Waals surface area contributed by atoms with Gasteiger partial charge in [-0.1, -0.05) is 36.4 Å². The standard InChI is InChI=1S/C14H14N4/c1-10(11-6-3-2-4-7-11)15-12-8-5-9-13-14(12)17-18-16-13/h2-10,15H,1H3,(H,16,17,18)/t10-/m0/s1. The predicted octanol–water partition coefficient (Wildman–Crippen LogP) is 3.13. The molecule has 1 heterocycles. The fraction of sp³-hybridized carbons (Fsp3) is 0.143. The molecule has 0 unspecified atom stereocenters. The highest BCUT2D eigenvalue weighted by Crippen LogP contribution is 2.24. The monoisotopic (exact) mass is 238 g/mol. The van der Waals surface area contributed by atoms with Crippen molar-refractivity contribution in [3.63, 3.8) is 0 Å². The van der Waals surface area contributed by atoms with Gasteiger partial charge in [0, 0.05) is 6.04 Å². The Kier molecular flexibility index (Phi) is 2.68. The molecule has 0 amide bonds. The zero-order valence-corrected chi connectivity index (χ0v) is 10.1. The Balaban J connectivity index is 1.91. The lowest BCUT2D eigenvalue weighted by Gasteiger charge is -2.15. The Morgan fingerprint density at radius 1 is 1.00 bits per heavy atom. The number of anilines is 1. The summed E-state index contributed by atoms with van der Waals surface area (Å²) in [6.07, 6.45) is 0. The van der Waals surface area contributed by atoms with Crippen molar-refractivity contribution in [3.05, 3.63) is 54.1 Å². The number of nitrogens with zero attached hydrogens (tertiary/aromatic N) is 2. The van der Waals surface area contributed by atoms with Gasteiger partial charge in [0.05, 0.1) is 5.69 Å². The fourth-order valence-electron chi connectivity index (χ4n) is 2.04. The summed E-state index contributed by atoms with van der Waals surface area (Å²) in [4.78, 5) is 0. The molecule has 2 N–H and O–H groups in total. The predicted molar refractivity (Wildman–Crippen MR) is 72.4 cm³/mol. The lowest BCUT2D eigenvalue weighted by Crippen LogP contribution is -2.06. The molecule has 18 heavy (non-hydrogen) atoms. The molecule has 0 bridgehead atoms. The van der Waals surface area contributed by atoms with Crippen molar-refractivity contribution in [2.24, 2.45) is 0 Å². The molecular weight excluding hydrogens is 224 g/mol. The van der Waals surface area contributed by atoms with Crippen LogP contribution in [-0.2, 0) is 0 Å². The summed E-state index contributed by atoms with van der Waals surface area (Å²) in [6.45, 7) is 2.13. The lowest BCUT2D eigenvalue weighted by atomic mass is 10.1. The van der Waals surface area contributed by atoms with E-state index in [4.69, 9.17) is 0 Å². The van der Waals surface area contributed by atoms with Crippen LogP contribution in [0.25, 0.3) is 11.0 Å². The van der Waals surface area contributed by atoms with E-state index < -0.39 is 0 Å². The van der Waals surface area contributed by atoms with Gasteiger partial charge in [-0.3, -0.25) is 0 Å². The Bertz CT molecular complexity index is 645. The van der Waals surface area contributed by atoms with Gasteiger partial charge in [0.15, 0.2) is 0 Å². The smallest absolute Gasteiger partial charge is 0.136 e. The van der Waals surface area contributed by atoms with Crippen molar-refractivity contribution in [2.45, 2.75) is 13.0 Å². The van der Waals surface area contributed by atoms with E-state index in [1.807, 2.05) is 36.4 Å². The first-order valence-electron chi connectivity index (χ1n) is 5.95. The molecule has 0 aliphatic carbocycles. The van der Waals surface area contributed by atoms with E-state index in [2.05, 4.69) is 39.8 Å². The van der Waals surface area contributed by atoms with Crippen molar-refractivity contribution in [2.75, 3.05) is 5.32 Å². The SMILES string of the molecule is C[C@H](Nc1cccc2n[nH]nc12)c1ccccc1. The van der Waals surface area contributed by atoms with Crippen LogP contribution in [0.5, 0.6) is 0 Å². The number of hydrogen-bond acceptors (Lipinski definition) is 3. The number of para-hydroxylation sites is 1. The zero-order valence-electron chi connectivity index (χ0n) is 10.1. The van der Waals surface area contributed by atoms with Crippen LogP contribution in [0.3, 0.4) is 0 Å². The Morgan fingerprint density at radius 2 is 1.83 bits per heavy atom. The second-order valence-corrected chi connectivity index (χ2v) is 4.27. The van der Waals surface area contributed by atoms with Gasteiger partial charge in [-0.25, -0.2) is 0 Å². The summed E-state index contributed by atoms with van der Waals surface area (Å²) in [7, 11) is 0. The van der Waals surface area contributed by atoms with Crippen molar-refractivity contribution in [1.82, 2.24) is 15.4 Å². The molecule has 0 spiro atoms. The van der Waals surface area contributed by atoms with Crippen LogP contribution in [0.4, 0.5) is 5.69 Å². The first kappa shape index (κ1) is 10.8. The highest BCUT2D eigenvalue weighted by atomic mass is 15.3. The van der Waals surface area contributed by atoms with E-state index in [-0.39, 0.29) is 6.04 Å². The average molecular weight is 238 g/mol. The Labute approximate surface area is 105 Å². The molecule has 0 aliphatic heterocycles. The van der Waals surface area contributed by atoms with E-state index >= 15 is 0 Å². The van der Waals surface area contributed by atoms with Gasteiger partial charge in [-0.15, -0.1) is 0 Å². The van der Waals surface area contributed by atoms with Crippen LogP contribution >= 0.6 is 0 Å². The number of aromatic amines is 1. The molecule has 4 heteroatoms. The topological polar surface area (TPSA) is 53.6 Å². The molecule has 1 aromatic heterocycles. The molecule has 3 rings (SSSR count). The zero-order chi connectivity index (χ0) is 12.4. The number of hydrogen-bond donors (Lipinski definition) is 2. The van der Waals surface area contributed by atoms with Crippen molar-refractivity contribution in [3.8, 4) is 0 Å². The third-order valence-electron chi connectivity index (χ3n) is 3.02. The van der Waals surface area contributed by atoms with Crippen molar-refractivity contribution in [1.29, 1.82) is 0 Å². The number of rotatable bonds is 3. The maximum atomic E-state index is 4.17. The van der Waals surface area contributed by atoms with Crippen LogP contribution < -0.4 is 5.32 Å². The highest BCUT2D eigenvalue weighted by Gasteiger charge is 2.08. The minimum absolute atomic E-state index is 0.230. The van der Waals surface area contributed by atoms with E-state index in [1.165, 1.54) is 5.56 Å². The summed E-state index contributed by atoms with van der Waals surface area (Å²) in [6, 6.07) is 16.5. The van der Waals surface area contributed by atoms with Gasteiger partial charge in [0.1, 0.15) is 11.0 Å². The van der Waals surface area contributed by atoms with Crippen LogP contribution in [0, 0.1) is 0 Å². The second kappa shape index (κ2) is 4.49. The Morgan fingerprint density at radius 3 is 2.67 bits per heavy atom. The van der Waals surface area contributed by atoms with E-state index in [0.717, 1.165) is 16.7 Å². The molecular formula is C14H14N4. The van der Waals surface area contributed by atoms with Crippen molar-refractivity contribution >= 4 is 16.7 Å². The molecule has 0 saturated carbocycles. The van der Waals surface area contributed by atoms with Crippen molar-refractivity contribution < 1.29 is 0 Å². The van der Waals surface area contributed by atoms with Gasteiger partial charge < -0.3 is 5.32 Å². The molecule has 0 saturated heterocycles. The first-order valence-corrected chi connectivity index (χ1v) is 5.95. The summed E-state index contributed by atoms with van der Waals surface area (Å²) in [5.74, 6) is 0. The van der Waals surface area contributed by atoms with Crippen LogP contribution in [-0.4, -0.2) is 15.4 Å². The second-order valence-electron chi connectivity index (χ2n) is 4.27. The summed E-state index contributed by atoms with van der Waals surface area (Å²) in [5, 5.41) is 14.4. The molecule has 3 aromatic rings. The summed E-state index contributed by atoms with van der Waals surface area (Å²) >= 11 is 0. The van der Waals surface area contributed by atoms with Crippen LogP contribution in [0.1, 0.15) is 18.5 Å². The minimum Gasteiger partial charge on any atom is -0.377 e. The van der Waals surface area contributed by atoms with Gasteiger partial charge in [0.2, 0.25) is 0 Å². The molecule has 90 valence electrons. The number of benzene rings is 2. The van der Waals surface area contributed by atoms with Crippen LogP contribution in [0.2, 0.25) is 0 Å². The third-order valence-corrected chi connectivity index (χ3v) is 3.02. The molecule has 0 aliphatic rings. The van der Waals surface area contributed by atoms with Gasteiger partial charge in [-0.05, 0) is 24.6 Å². The average Bonchev–Trinajstić information content (AvgIpc) is 2.89. The lowest BCUT2D eigenvalue weighted by molar-refractivity contribution is 0.885. The number of nitrogens with one attached hydrogen (secondary N) is 2. The minimum atomic E-state index is 0.230. The van der Waals surface area contributed by atoms with E-state index in [9.17, 15) is 0 Å². The largest absolute Gasteiger partial charge is 0.377 e. The quantitative estimate of drug-likeness (QED) is 0.737. The molecule has 0 fully saturated rings. The van der Waals surface area contributed by atoms with Crippen LogP contribution in [0.15, 0.2) is 48.5 Å². The Hall–Kier alpha value is -2.36. The molecule has 0 radical (unpaired) electrons. The number of aromatic nitrogens is 3. The molecule has 4 nitrogen and oxygen atoms in total. The summed E-state index contributed by atoms with van der Waals surface area (Å²) in [5.41, 5.74) is 4.00. The van der Waals surface area contributed by atoms with Gasteiger partial charge in [-0.2, -0.15) is 15.4 Å². The normalized spacial score (nSPS) is 12.5. The number of H-pyrrole nitrogens is 1. The maximum Gasteiger partial charge on any atom is 0.136 e. The fourth-order valence-corrected chi connectivity index (χ4v) is 2.04. The van der Waals surface area contributed by atoms with E-state index in [1.54, 1.807) is 0 Å². The first-order chi connectivity index (χ1) is 8.84. The highest BCUT2D eigenvalue weighted by molar-refractivity contribution is 5.87. The maximum absolute atomic E-state index is 4.17. The summed E-state index contributed by atoms with van der Waals surface area (Å²) < 4.78 is 0. The number of fused-ring (bicyclic) bond motifs is 1. The molecule has 1 atom stereocenters. The third kappa shape index (κ3) is 1.93. The van der Waals surface area contributed by atoms with E-state index in [0.29, 0.717) is 0 Å². The molecule has 2 aromatic carbocycles. The van der Waals surface area contributed by atoms with Gasteiger partial charge >= 0.3 is 0 Å². The van der Waals surface area contributed by atoms with Gasteiger partial charge in [0.25, 0.3) is 0 Å².